The molecule has 0 radical (unpaired) electrons. The number of thiazole rings is 1. The van der Waals surface area contributed by atoms with E-state index >= 15 is 0 Å². The Labute approximate surface area is 161 Å². The SMILES string of the molecule is CCOc1cccc2sc(N3CCC(NC(=O)c4cnccn4)CC3)nc12. The number of fused-ring (bicyclic) bond motifs is 1. The van der Waals surface area contributed by atoms with Crippen molar-refractivity contribution in [3.8, 4) is 5.75 Å². The zero-order valence-electron chi connectivity index (χ0n) is 15.1. The fourth-order valence-electron chi connectivity index (χ4n) is 3.21. The van der Waals surface area contributed by atoms with E-state index in [0.717, 1.165) is 47.0 Å². The van der Waals surface area contributed by atoms with E-state index in [-0.39, 0.29) is 11.9 Å². The molecule has 0 spiro atoms. The number of ether oxygens (including phenoxy) is 1. The Balaban J connectivity index is 1.40. The van der Waals surface area contributed by atoms with Crippen LogP contribution in [0.1, 0.15) is 30.3 Å². The molecular weight excluding hydrogens is 362 g/mol. The topological polar surface area (TPSA) is 80.2 Å². The van der Waals surface area contributed by atoms with Gasteiger partial charge in [0.05, 0.1) is 17.5 Å². The second-order valence-electron chi connectivity index (χ2n) is 6.36. The number of aromatic nitrogens is 3. The van der Waals surface area contributed by atoms with Gasteiger partial charge in [0.25, 0.3) is 5.91 Å². The summed E-state index contributed by atoms with van der Waals surface area (Å²) in [5.74, 6) is 0.673. The van der Waals surface area contributed by atoms with Crippen LogP contribution in [0.15, 0.2) is 36.8 Å². The average molecular weight is 383 g/mol. The second kappa shape index (κ2) is 7.87. The van der Waals surface area contributed by atoms with Gasteiger partial charge in [-0.3, -0.25) is 9.78 Å². The van der Waals surface area contributed by atoms with E-state index in [2.05, 4.69) is 26.3 Å². The maximum atomic E-state index is 12.2. The van der Waals surface area contributed by atoms with Crippen LogP contribution < -0.4 is 15.0 Å². The lowest BCUT2D eigenvalue weighted by molar-refractivity contribution is 0.0925. The van der Waals surface area contributed by atoms with E-state index < -0.39 is 0 Å². The molecule has 1 aliphatic heterocycles. The van der Waals surface area contributed by atoms with E-state index in [0.29, 0.717) is 12.3 Å². The number of hydrogen-bond donors (Lipinski definition) is 1. The number of amides is 1. The molecule has 3 heterocycles. The third kappa shape index (κ3) is 3.85. The van der Waals surface area contributed by atoms with Crippen molar-refractivity contribution < 1.29 is 9.53 Å². The number of anilines is 1. The first-order valence-corrected chi connectivity index (χ1v) is 9.90. The van der Waals surface area contributed by atoms with Gasteiger partial charge in [0.15, 0.2) is 5.13 Å². The van der Waals surface area contributed by atoms with Crippen molar-refractivity contribution in [3.05, 3.63) is 42.5 Å². The molecule has 0 saturated carbocycles. The first-order chi connectivity index (χ1) is 13.2. The number of benzene rings is 1. The molecule has 1 aromatic carbocycles. The lowest BCUT2D eigenvalue weighted by atomic mass is 10.1. The summed E-state index contributed by atoms with van der Waals surface area (Å²) in [6.45, 7) is 4.32. The third-order valence-corrected chi connectivity index (χ3v) is 5.65. The summed E-state index contributed by atoms with van der Waals surface area (Å²) in [5.41, 5.74) is 1.28. The van der Waals surface area contributed by atoms with Gasteiger partial charge in [-0.2, -0.15) is 0 Å². The highest BCUT2D eigenvalue weighted by Crippen LogP contribution is 2.35. The summed E-state index contributed by atoms with van der Waals surface area (Å²) in [7, 11) is 0. The Morgan fingerprint density at radius 3 is 2.93 bits per heavy atom. The van der Waals surface area contributed by atoms with Crippen LogP contribution >= 0.6 is 11.3 Å². The standard InChI is InChI=1S/C19H21N5O2S/c1-2-26-15-4-3-5-16-17(15)23-19(27-16)24-10-6-13(7-11-24)22-18(25)14-12-20-8-9-21-14/h3-5,8-9,12-13H,2,6-7,10-11H2,1H3,(H,22,25). The Kier molecular flexibility index (Phi) is 5.15. The first-order valence-electron chi connectivity index (χ1n) is 9.08. The van der Waals surface area contributed by atoms with E-state index in [1.807, 2.05) is 19.1 Å². The molecule has 1 amide bonds. The molecule has 4 rings (SSSR count). The number of hydrogen-bond acceptors (Lipinski definition) is 7. The molecule has 2 aromatic heterocycles. The van der Waals surface area contributed by atoms with Crippen molar-refractivity contribution in [1.29, 1.82) is 0 Å². The van der Waals surface area contributed by atoms with Crippen LogP contribution in [0.2, 0.25) is 0 Å². The molecule has 140 valence electrons. The van der Waals surface area contributed by atoms with Gasteiger partial charge < -0.3 is 15.0 Å². The molecule has 1 saturated heterocycles. The van der Waals surface area contributed by atoms with Crippen molar-refractivity contribution in [2.75, 3.05) is 24.6 Å². The summed E-state index contributed by atoms with van der Waals surface area (Å²) >= 11 is 1.69. The van der Waals surface area contributed by atoms with Crippen molar-refractivity contribution in [2.24, 2.45) is 0 Å². The molecule has 1 aliphatic rings. The molecule has 8 heteroatoms. The molecule has 3 aromatic rings. The number of nitrogens with zero attached hydrogens (tertiary/aromatic N) is 4. The lowest BCUT2D eigenvalue weighted by Crippen LogP contribution is -2.44. The summed E-state index contributed by atoms with van der Waals surface area (Å²) in [4.78, 5) is 27.3. The smallest absolute Gasteiger partial charge is 0.271 e. The van der Waals surface area contributed by atoms with Gasteiger partial charge in [-0.05, 0) is 31.9 Å². The number of nitrogens with one attached hydrogen (secondary N) is 1. The van der Waals surface area contributed by atoms with Crippen LogP contribution in [0.4, 0.5) is 5.13 Å². The zero-order chi connectivity index (χ0) is 18.6. The predicted molar refractivity (Wildman–Crippen MR) is 106 cm³/mol. The molecule has 1 N–H and O–H groups in total. The fourth-order valence-corrected chi connectivity index (χ4v) is 4.24. The third-order valence-electron chi connectivity index (χ3n) is 4.57. The monoisotopic (exact) mass is 383 g/mol. The molecule has 1 fully saturated rings. The molecule has 0 unspecified atom stereocenters. The molecule has 0 bridgehead atoms. The highest BCUT2D eigenvalue weighted by molar-refractivity contribution is 7.22. The maximum Gasteiger partial charge on any atom is 0.271 e. The second-order valence-corrected chi connectivity index (χ2v) is 7.37. The van der Waals surface area contributed by atoms with E-state index in [1.54, 1.807) is 17.5 Å². The quantitative estimate of drug-likeness (QED) is 0.730. The minimum Gasteiger partial charge on any atom is -0.492 e. The fraction of sp³-hybridized carbons (Fsp3) is 0.368. The van der Waals surface area contributed by atoms with Crippen LogP contribution in [0.5, 0.6) is 5.75 Å². The van der Waals surface area contributed by atoms with Gasteiger partial charge in [-0.25, -0.2) is 9.97 Å². The number of rotatable bonds is 5. The summed E-state index contributed by atoms with van der Waals surface area (Å²) < 4.78 is 6.82. The van der Waals surface area contributed by atoms with Crippen LogP contribution in [0, 0.1) is 0 Å². The first kappa shape index (κ1) is 17.7. The predicted octanol–water partition coefficient (Wildman–Crippen LogP) is 2.88. The largest absolute Gasteiger partial charge is 0.492 e. The molecule has 0 atom stereocenters. The Morgan fingerprint density at radius 2 is 2.19 bits per heavy atom. The molecule has 0 aliphatic carbocycles. The molecule has 27 heavy (non-hydrogen) atoms. The van der Waals surface area contributed by atoms with E-state index in [1.165, 1.54) is 12.4 Å². The van der Waals surface area contributed by atoms with Gasteiger partial charge in [0.2, 0.25) is 0 Å². The minimum atomic E-state index is -0.164. The summed E-state index contributed by atoms with van der Waals surface area (Å²) in [6.07, 6.45) is 6.33. The highest BCUT2D eigenvalue weighted by Gasteiger charge is 2.24. The van der Waals surface area contributed by atoms with Crippen molar-refractivity contribution in [2.45, 2.75) is 25.8 Å². The van der Waals surface area contributed by atoms with Gasteiger partial charge in [-0.15, -0.1) is 0 Å². The van der Waals surface area contributed by atoms with Gasteiger partial charge in [-0.1, -0.05) is 17.4 Å². The number of carbonyl (C=O) groups excluding carboxylic acids is 1. The average Bonchev–Trinajstić information content (AvgIpc) is 3.15. The zero-order valence-corrected chi connectivity index (χ0v) is 15.9. The summed E-state index contributed by atoms with van der Waals surface area (Å²) in [5, 5.41) is 4.06. The Bertz CT molecular complexity index is 922. The minimum absolute atomic E-state index is 0.143. The van der Waals surface area contributed by atoms with Crippen LogP contribution in [0.3, 0.4) is 0 Å². The Morgan fingerprint density at radius 1 is 1.33 bits per heavy atom. The van der Waals surface area contributed by atoms with Crippen LogP contribution in [0.25, 0.3) is 10.2 Å². The van der Waals surface area contributed by atoms with Crippen molar-refractivity contribution >= 4 is 32.6 Å². The van der Waals surface area contributed by atoms with Crippen LogP contribution in [-0.2, 0) is 0 Å². The highest BCUT2D eigenvalue weighted by atomic mass is 32.1. The lowest BCUT2D eigenvalue weighted by Gasteiger charge is -2.32. The van der Waals surface area contributed by atoms with Crippen LogP contribution in [-0.4, -0.2) is 46.6 Å². The van der Waals surface area contributed by atoms with E-state index in [9.17, 15) is 4.79 Å². The summed E-state index contributed by atoms with van der Waals surface area (Å²) in [6, 6.07) is 6.18. The van der Waals surface area contributed by atoms with Gasteiger partial charge in [0.1, 0.15) is 17.0 Å². The molecular formula is C19H21N5O2S. The maximum absolute atomic E-state index is 12.2. The Hall–Kier alpha value is -2.74. The van der Waals surface area contributed by atoms with Crippen molar-refractivity contribution in [3.63, 3.8) is 0 Å². The van der Waals surface area contributed by atoms with Crippen molar-refractivity contribution in [1.82, 2.24) is 20.3 Å². The number of piperidine rings is 1. The number of carbonyl (C=O) groups is 1. The normalized spacial score (nSPS) is 15.1. The van der Waals surface area contributed by atoms with Gasteiger partial charge in [0, 0.05) is 31.5 Å². The van der Waals surface area contributed by atoms with E-state index in [4.69, 9.17) is 9.72 Å². The molecule has 7 nitrogen and oxygen atoms in total. The number of para-hydroxylation sites is 1. The van der Waals surface area contributed by atoms with Gasteiger partial charge >= 0.3 is 0 Å².